The van der Waals surface area contributed by atoms with Crippen LogP contribution in [0.5, 0.6) is 0 Å². The van der Waals surface area contributed by atoms with Gasteiger partial charge < -0.3 is 9.32 Å². The molecular formula is C22H20F4N6O4S. The summed E-state index contributed by atoms with van der Waals surface area (Å²) in [5.41, 5.74) is 0.629. The molecule has 0 radical (unpaired) electrons. The highest BCUT2D eigenvalue weighted by molar-refractivity contribution is 7.94. The quantitative estimate of drug-likeness (QED) is 0.451. The van der Waals surface area contributed by atoms with Crippen LogP contribution in [0.3, 0.4) is 0 Å². The zero-order chi connectivity index (χ0) is 26.7. The van der Waals surface area contributed by atoms with E-state index in [1.165, 1.54) is 41.1 Å². The van der Waals surface area contributed by atoms with Crippen LogP contribution in [0.4, 0.5) is 28.0 Å². The van der Waals surface area contributed by atoms with Gasteiger partial charge in [0.05, 0.1) is 39.0 Å². The molecule has 196 valence electrons. The van der Waals surface area contributed by atoms with Gasteiger partial charge in [0, 0.05) is 38.0 Å². The van der Waals surface area contributed by atoms with Crippen LogP contribution in [0.15, 0.2) is 45.3 Å². The zero-order valence-electron chi connectivity index (χ0n) is 19.3. The van der Waals surface area contributed by atoms with E-state index in [-0.39, 0.29) is 48.3 Å². The Morgan fingerprint density at radius 3 is 2.43 bits per heavy atom. The lowest BCUT2D eigenvalue weighted by atomic mass is 10.2. The first-order chi connectivity index (χ1) is 17.5. The van der Waals surface area contributed by atoms with Crippen LogP contribution in [0, 0.1) is 11.6 Å². The minimum absolute atomic E-state index is 0.0122. The topological polar surface area (TPSA) is 122 Å². The molecule has 1 aliphatic rings. The van der Waals surface area contributed by atoms with Gasteiger partial charge in [0.25, 0.3) is 11.8 Å². The number of hydrogen-bond acceptors (Lipinski definition) is 7. The van der Waals surface area contributed by atoms with Gasteiger partial charge in [0.1, 0.15) is 0 Å². The number of hydrogen-bond donors (Lipinski definition) is 0. The Morgan fingerprint density at radius 1 is 1.14 bits per heavy atom. The van der Waals surface area contributed by atoms with E-state index in [0.717, 1.165) is 12.1 Å². The van der Waals surface area contributed by atoms with Crippen molar-refractivity contribution in [2.45, 2.75) is 19.9 Å². The van der Waals surface area contributed by atoms with Crippen molar-refractivity contribution in [3.05, 3.63) is 59.7 Å². The van der Waals surface area contributed by atoms with Crippen LogP contribution < -0.4 is 4.90 Å². The second-order valence-corrected chi connectivity index (χ2v) is 10.6. The summed E-state index contributed by atoms with van der Waals surface area (Å²) in [7, 11) is -2.78. The predicted molar refractivity (Wildman–Crippen MR) is 123 cm³/mol. The number of anilines is 1. The first-order valence-corrected chi connectivity index (χ1v) is 12.7. The summed E-state index contributed by atoms with van der Waals surface area (Å²) in [4.78, 5) is 31.4. The Balaban J connectivity index is 1.57. The van der Waals surface area contributed by atoms with Crippen LogP contribution in [-0.4, -0.2) is 60.8 Å². The second kappa shape index (κ2) is 10.6. The molecule has 0 unspecified atom stereocenters. The average molecular weight is 540 g/mol. The maximum absolute atomic E-state index is 14.0. The number of halogens is 4. The van der Waals surface area contributed by atoms with E-state index in [1.54, 1.807) is 0 Å². The van der Waals surface area contributed by atoms with Crippen LogP contribution in [-0.2, 0) is 21.1 Å². The number of benzene rings is 1. The van der Waals surface area contributed by atoms with Gasteiger partial charge in [-0.15, -0.1) is 10.2 Å². The Morgan fingerprint density at radius 2 is 1.86 bits per heavy atom. The third-order valence-corrected chi connectivity index (χ3v) is 7.62. The molecule has 1 saturated heterocycles. The number of pyridine rings is 1. The maximum atomic E-state index is 14.0. The van der Waals surface area contributed by atoms with Gasteiger partial charge in [-0.05, 0) is 24.3 Å². The third kappa shape index (κ3) is 6.10. The molecule has 0 spiro atoms. The number of rotatable bonds is 5. The number of nitrogens with zero attached hydrogens (tertiary/aromatic N) is 6. The van der Waals surface area contributed by atoms with Gasteiger partial charge in [-0.2, -0.15) is 13.1 Å². The van der Waals surface area contributed by atoms with Crippen molar-refractivity contribution in [1.29, 1.82) is 0 Å². The monoisotopic (exact) mass is 540 g/mol. The number of alkyl halides is 2. The fourth-order valence-corrected chi connectivity index (χ4v) is 5.44. The molecule has 2 aromatic heterocycles. The SMILES string of the molecule is CC(=O)N=S1(=O)CCN(C(=O)N(Cc2ccc(-c3nnc(C(F)F)o3)cn2)c2ccc(F)c(F)c2)CC1. The van der Waals surface area contributed by atoms with E-state index in [0.29, 0.717) is 5.69 Å². The predicted octanol–water partition coefficient (Wildman–Crippen LogP) is 3.80. The molecule has 3 heterocycles. The first kappa shape index (κ1) is 26.2. The smallest absolute Gasteiger partial charge is 0.324 e. The lowest BCUT2D eigenvalue weighted by Crippen LogP contribution is -2.50. The third-order valence-electron chi connectivity index (χ3n) is 5.39. The highest BCUT2D eigenvalue weighted by Crippen LogP contribution is 2.25. The summed E-state index contributed by atoms with van der Waals surface area (Å²) in [5.74, 6) is -3.85. The summed E-state index contributed by atoms with van der Waals surface area (Å²) in [6.07, 6.45) is -1.64. The van der Waals surface area contributed by atoms with E-state index >= 15 is 0 Å². The normalized spacial score (nSPS) is 15.0. The van der Waals surface area contributed by atoms with Crippen LogP contribution in [0.25, 0.3) is 11.5 Å². The summed E-state index contributed by atoms with van der Waals surface area (Å²) in [6.45, 7) is 1.10. The van der Waals surface area contributed by atoms with Crippen molar-refractivity contribution in [3.63, 3.8) is 0 Å². The molecule has 1 aliphatic heterocycles. The van der Waals surface area contributed by atoms with Gasteiger partial charge >= 0.3 is 12.5 Å². The van der Waals surface area contributed by atoms with E-state index < -0.39 is 45.6 Å². The van der Waals surface area contributed by atoms with Gasteiger partial charge in [0.2, 0.25) is 5.89 Å². The molecule has 10 nitrogen and oxygen atoms in total. The minimum atomic E-state index is -2.93. The lowest BCUT2D eigenvalue weighted by Gasteiger charge is -2.33. The molecule has 15 heteroatoms. The van der Waals surface area contributed by atoms with Gasteiger partial charge in [-0.1, -0.05) is 0 Å². The number of urea groups is 1. The molecule has 4 rings (SSSR count). The molecule has 0 N–H and O–H groups in total. The van der Waals surface area contributed by atoms with Crippen molar-refractivity contribution in [2.24, 2.45) is 4.36 Å². The summed E-state index contributed by atoms with van der Waals surface area (Å²) in [5, 5.41) is 6.80. The maximum Gasteiger partial charge on any atom is 0.324 e. The number of aromatic nitrogens is 3. The van der Waals surface area contributed by atoms with Gasteiger partial charge in [-0.25, -0.2) is 17.8 Å². The summed E-state index contributed by atoms with van der Waals surface area (Å²) < 4.78 is 74.2. The van der Waals surface area contributed by atoms with Crippen molar-refractivity contribution < 1.29 is 35.8 Å². The zero-order valence-corrected chi connectivity index (χ0v) is 20.1. The van der Waals surface area contributed by atoms with Gasteiger partial charge in [0.15, 0.2) is 11.6 Å². The van der Waals surface area contributed by atoms with Crippen molar-refractivity contribution in [1.82, 2.24) is 20.1 Å². The number of amides is 3. The van der Waals surface area contributed by atoms with Crippen molar-refractivity contribution in [3.8, 4) is 11.5 Å². The Kier molecular flexibility index (Phi) is 7.52. The Bertz CT molecular complexity index is 1430. The summed E-state index contributed by atoms with van der Waals surface area (Å²) in [6, 6.07) is 5.35. The molecule has 37 heavy (non-hydrogen) atoms. The lowest BCUT2D eigenvalue weighted by molar-refractivity contribution is -0.115. The molecule has 0 bridgehead atoms. The molecule has 0 aliphatic carbocycles. The van der Waals surface area contributed by atoms with E-state index in [9.17, 15) is 31.4 Å². The molecular weight excluding hydrogens is 520 g/mol. The van der Waals surface area contributed by atoms with E-state index in [1.807, 2.05) is 0 Å². The van der Waals surface area contributed by atoms with Crippen molar-refractivity contribution >= 4 is 27.4 Å². The van der Waals surface area contributed by atoms with Crippen LogP contribution >= 0.6 is 0 Å². The Labute approximate surface area is 208 Å². The molecule has 0 atom stereocenters. The fourth-order valence-electron chi connectivity index (χ4n) is 3.58. The van der Waals surface area contributed by atoms with Crippen molar-refractivity contribution in [2.75, 3.05) is 29.5 Å². The van der Waals surface area contributed by atoms with Gasteiger partial charge in [-0.3, -0.25) is 14.7 Å². The minimum Gasteiger partial charge on any atom is -0.415 e. The fraction of sp³-hybridized carbons (Fsp3) is 0.318. The average Bonchev–Trinajstić information content (AvgIpc) is 3.35. The second-order valence-electron chi connectivity index (χ2n) is 8.03. The van der Waals surface area contributed by atoms with Crippen LogP contribution in [0.1, 0.15) is 24.9 Å². The molecule has 0 saturated carbocycles. The van der Waals surface area contributed by atoms with E-state index in [4.69, 9.17) is 4.42 Å². The van der Waals surface area contributed by atoms with Crippen LogP contribution in [0.2, 0.25) is 0 Å². The largest absolute Gasteiger partial charge is 0.415 e. The first-order valence-electron chi connectivity index (χ1n) is 10.9. The Hall–Kier alpha value is -3.88. The molecule has 3 aromatic rings. The van der Waals surface area contributed by atoms with E-state index in [2.05, 4.69) is 19.5 Å². The molecule has 1 aromatic carbocycles. The number of carbonyl (C=O) groups is 2. The standard InChI is InChI=1S/C22H20F4N6O4S/c1-13(33)30-37(35)8-6-31(7-9-37)22(34)32(16-4-5-17(23)18(24)10-16)12-15-3-2-14(11-27-15)20-28-29-21(36-20)19(25)26/h2-5,10-11,19H,6-9,12H2,1H3. The molecule has 3 amide bonds. The highest BCUT2D eigenvalue weighted by Gasteiger charge is 2.29. The number of carbonyl (C=O) groups excluding carboxylic acids is 2. The molecule has 1 fully saturated rings. The highest BCUT2D eigenvalue weighted by atomic mass is 32.2. The summed E-state index contributed by atoms with van der Waals surface area (Å²) >= 11 is 0.